The number of nitrogens with one attached hydrogen (secondary N) is 1. The lowest BCUT2D eigenvalue weighted by molar-refractivity contribution is 0.0892. The van der Waals surface area contributed by atoms with E-state index in [9.17, 15) is 9.59 Å². The van der Waals surface area contributed by atoms with Crippen LogP contribution in [0.3, 0.4) is 0 Å². The van der Waals surface area contributed by atoms with Gasteiger partial charge in [0.2, 0.25) is 0 Å². The molecule has 0 bridgehead atoms. The summed E-state index contributed by atoms with van der Waals surface area (Å²) in [6.45, 7) is 4.46. The van der Waals surface area contributed by atoms with Gasteiger partial charge in [-0.15, -0.1) is 0 Å². The van der Waals surface area contributed by atoms with E-state index in [4.69, 9.17) is 11.6 Å². The van der Waals surface area contributed by atoms with Gasteiger partial charge in [-0.3, -0.25) is 14.2 Å². The SMILES string of the molecule is CC1CCCC(NC(=O)c2cn(-c3ccc(Cl)cc3)c(=O)c3ccccc23)C1C. The quantitative estimate of drug-likeness (QED) is 0.647. The van der Waals surface area contributed by atoms with Crippen molar-refractivity contribution in [1.29, 1.82) is 0 Å². The molecule has 1 saturated carbocycles. The molecule has 0 aliphatic heterocycles. The van der Waals surface area contributed by atoms with Crippen LogP contribution in [0.2, 0.25) is 5.02 Å². The lowest BCUT2D eigenvalue weighted by Gasteiger charge is -2.34. The second kappa shape index (κ2) is 8.03. The topological polar surface area (TPSA) is 51.1 Å². The maximum atomic E-state index is 13.3. The molecule has 4 rings (SSSR count). The smallest absolute Gasteiger partial charge is 0.262 e. The van der Waals surface area contributed by atoms with E-state index >= 15 is 0 Å². The molecular formula is C24H25ClN2O2. The number of hydrogen-bond donors (Lipinski definition) is 1. The molecule has 1 heterocycles. The average Bonchev–Trinajstić information content (AvgIpc) is 2.72. The molecule has 1 N–H and O–H groups in total. The molecule has 2 aromatic carbocycles. The van der Waals surface area contributed by atoms with Crippen LogP contribution in [0.25, 0.3) is 16.5 Å². The van der Waals surface area contributed by atoms with Crippen LogP contribution in [0.15, 0.2) is 59.5 Å². The lowest BCUT2D eigenvalue weighted by atomic mass is 9.78. The summed E-state index contributed by atoms with van der Waals surface area (Å²) in [5.74, 6) is 0.893. The number of nitrogens with zero attached hydrogens (tertiary/aromatic N) is 1. The number of carbonyl (C=O) groups excluding carboxylic acids is 1. The van der Waals surface area contributed by atoms with Crippen molar-refractivity contribution in [2.45, 2.75) is 39.2 Å². The van der Waals surface area contributed by atoms with E-state index in [-0.39, 0.29) is 17.5 Å². The molecule has 1 aromatic heterocycles. The van der Waals surface area contributed by atoms with Crippen LogP contribution in [0.5, 0.6) is 0 Å². The van der Waals surface area contributed by atoms with E-state index in [1.165, 1.54) is 11.0 Å². The maximum Gasteiger partial charge on any atom is 0.262 e. The molecule has 3 unspecified atom stereocenters. The number of fused-ring (bicyclic) bond motifs is 1. The van der Waals surface area contributed by atoms with Crippen molar-refractivity contribution >= 4 is 28.3 Å². The second-order valence-corrected chi connectivity index (χ2v) is 8.52. The van der Waals surface area contributed by atoms with Gasteiger partial charge in [0.15, 0.2) is 0 Å². The van der Waals surface area contributed by atoms with Crippen molar-refractivity contribution in [2.24, 2.45) is 11.8 Å². The highest BCUT2D eigenvalue weighted by Crippen LogP contribution is 2.30. The number of carbonyl (C=O) groups is 1. The van der Waals surface area contributed by atoms with Gasteiger partial charge < -0.3 is 5.32 Å². The zero-order valence-electron chi connectivity index (χ0n) is 16.7. The Balaban J connectivity index is 1.79. The fourth-order valence-electron chi connectivity index (χ4n) is 4.30. The Hall–Kier alpha value is -2.59. The van der Waals surface area contributed by atoms with Gasteiger partial charge in [0.05, 0.1) is 5.56 Å². The van der Waals surface area contributed by atoms with Crippen LogP contribution in [0, 0.1) is 11.8 Å². The molecule has 4 nitrogen and oxygen atoms in total. The molecule has 5 heteroatoms. The van der Waals surface area contributed by atoms with Gasteiger partial charge in [0.25, 0.3) is 11.5 Å². The maximum absolute atomic E-state index is 13.3. The number of rotatable bonds is 3. The first kappa shape index (κ1) is 19.7. The third-order valence-electron chi connectivity index (χ3n) is 6.30. The summed E-state index contributed by atoms with van der Waals surface area (Å²) in [4.78, 5) is 26.4. The van der Waals surface area contributed by atoms with Crippen molar-refractivity contribution < 1.29 is 4.79 Å². The normalized spacial score (nSPS) is 21.8. The van der Waals surface area contributed by atoms with Crippen LogP contribution < -0.4 is 10.9 Å². The fourth-order valence-corrected chi connectivity index (χ4v) is 4.42. The van der Waals surface area contributed by atoms with Gasteiger partial charge in [-0.1, -0.05) is 56.5 Å². The van der Waals surface area contributed by atoms with E-state index in [1.807, 2.05) is 18.2 Å². The summed E-state index contributed by atoms with van der Waals surface area (Å²) >= 11 is 6.00. The van der Waals surface area contributed by atoms with Crippen LogP contribution >= 0.6 is 11.6 Å². The molecule has 3 aromatic rings. The predicted octanol–water partition coefficient (Wildman–Crippen LogP) is 5.20. The number of benzene rings is 2. The Labute approximate surface area is 175 Å². The number of aromatic nitrogens is 1. The molecular weight excluding hydrogens is 384 g/mol. The minimum atomic E-state index is -0.154. The van der Waals surface area contributed by atoms with E-state index in [0.717, 1.165) is 12.8 Å². The van der Waals surface area contributed by atoms with E-state index in [2.05, 4.69) is 19.2 Å². The first-order chi connectivity index (χ1) is 14.0. The fraction of sp³-hybridized carbons (Fsp3) is 0.333. The van der Waals surface area contributed by atoms with Crippen molar-refractivity contribution in [2.75, 3.05) is 0 Å². The summed E-state index contributed by atoms with van der Waals surface area (Å²) in [5, 5.41) is 5.04. The van der Waals surface area contributed by atoms with Gasteiger partial charge in [-0.2, -0.15) is 0 Å². The summed E-state index contributed by atoms with van der Waals surface area (Å²) in [6.07, 6.45) is 4.98. The first-order valence-corrected chi connectivity index (χ1v) is 10.5. The zero-order valence-corrected chi connectivity index (χ0v) is 17.4. The van der Waals surface area contributed by atoms with Gasteiger partial charge in [0.1, 0.15) is 0 Å². The van der Waals surface area contributed by atoms with E-state index in [0.29, 0.717) is 38.9 Å². The highest BCUT2D eigenvalue weighted by molar-refractivity contribution is 6.30. The number of hydrogen-bond acceptors (Lipinski definition) is 2. The van der Waals surface area contributed by atoms with Crippen LogP contribution in [-0.2, 0) is 0 Å². The molecule has 0 saturated heterocycles. The van der Waals surface area contributed by atoms with Crippen LogP contribution in [0.1, 0.15) is 43.5 Å². The predicted molar refractivity (Wildman–Crippen MR) is 118 cm³/mol. The third kappa shape index (κ3) is 3.82. The number of halogens is 1. The highest BCUT2D eigenvalue weighted by atomic mass is 35.5. The van der Waals surface area contributed by atoms with Gasteiger partial charge in [-0.05, 0) is 48.6 Å². The van der Waals surface area contributed by atoms with E-state index in [1.54, 1.807) is 36.5 Å². The molecule has 1 aliphatic carbocycles. The first-order valence-electron chi connectivity index (χ1n) is 10.2. The summed E-state index contributed by atoms with van der Waals surface area (Å²) < 4.78 is 1.53. The molecule has 0 radical (unpaired) electrons. The Bertz CT molecular complexity index is 1100. The van der Waals surface area contributed by atoms with Crippen molar-refractivity contribution in [3.63, 3.8) is 0 Å². The molecule has 1 amide bonds. The van der Waals surface area contributed by atoms with Crippen molar-refractivity contribution in [1.82, 2.24) is 9.88 Å². The van der Waals surface area contributed by atoms with E-state index < -0.39 is 0 Å². The second-order valence-electron chi connectivity index (χ2n) is 8.09. The molecule has 150 valence electrons. The Morgan fingerprint density at radius 3 is 2.45 bits per heavy atom. The molecule has 1 fully saturated rings. The summed E-state index contributed by atoms with van der Waals surface area (Å²) in [5.41, 5.74) is 1.04. The summed E-state index contributed by atoms with van der Waals surface area (Å²) in [6, 6.07) is 14.5. The zero-order chi connectivity index (χ0) is 20.5. The van der Waals surface area contributed by atoms with Gasteiger partial charge in [-0.25, -0.2) is 0 Å². The Morgan fingerprint density at radius 2 is 1.72 bits per heavy atom. The van der Waals surface area contributed by atoms with Crippen LogP contribution in [0.4, 0.5) is 0 Å². The Morgan fingerprint density at radius 1 is 1.03 bits per heavy atom. The average molecular weight is 409 g/mol. The molecule has 3 atom stereocenters. The standard InChI is InChI=1S/C24H25ClN2O2/c1-15-6-5-9-22(16(15)2)26-23(28)21-14-27(18-12-10-17(25)11-13-18)24(29)20-8-4-3-7-19(20)21/h3-4,7-8,10-16,22H,5-6,9H2,1-2H3,(H,26,28). The van der Waals surface area contributed by atoms with Crippen molar-refractivity contribution in [3.05, 3.63) is 75.7 Å². The van der Waals surface area contributed by atoms with Crippen LogP contribution in [-0.4, -0.2) is 16.5 Å². The van der Waals surface area contributed by atoms with Gasteiger partial charge in [0, 0.05) is 33.7 Å². The molecule has 29 heavy (non-hydrogen) atoms. The largest absolute Gasteiger partial charge is 0.349 e. The number of amides is 1. The third-order valence-corrected chi connectivity index (χ3v) is 6.55. The Kier molecular flexibility index (Phi) is 5.46. The molecule has 1 aliphatic rings. The van der Waals surface area contributed by atoms with Crippen molar-refractivity contribution in [3.8, 4) is 5.69 Å². The monoisotopic (exact) mass is 408 g/mol. The van der Waals surface area contributed by atoms with Gasteiger partial charge >= 0.3 is 0 Å². The molecule has 0 spiro atoms. The minimum Gasteiger partial charge on any atom is -0.349 e. The lowest BCUT2D eigenvalue weighted by Crippen LogP contribution is -2.44. The highest BCUT2D eigenvalue weighted by Gasteiger charge is 2.29. The minimum absolute atomic E-state index is 0.130. The summed E-state index contributed by atoms with van der Waals surface area (Å²) in [7, 11) is 0. The number of pyridine rings is 1.